The molecular formula is C16H18N2O3. The third-order valence-corrected chi connectivity index (χ3v) is 4.45. The highest BCUT2D eigenvalue weighted by Gasteiger charge is 2.41. The number of fused-ring (bicyclic) bond motifs is 1. The molecule has 0 unspecified atom stereocenters. The highest BCUT2D eigenvalue weighted by molar-refractivity contribution is 6.08. The van der Waals surface area contributed by atoms with Crippen LogP contribution in [0.1, 0.15) is 50.7 Å². The lowest BCUT2D eigenvalue weighted by atomic mass is 9.83. The lowest BCUT2D eigenvalue weighted by Crippen LogP contribution is -2.26. The average molecular weight is 286 g/mol. The largest absolute Gasteiger partial charge is 0.324 e. The number of nitrogens with one attached hydrogen (secondary N) is 1. The lowest BCUT2D eigenvalue weighted by molar-refractivity contribution is -0.384. The Balaban J connectivity index is 2.23. The summed E-state index contributed by atoms with van der Waals surface area (Å²) in [6.07, 6.45) is 6.27. The summed E-state index contributed by atoms with van der Waals surface area (Å²) in [6.45, 7) is 3.61. The molecule has 1 aliphatic carbocycles. The number of hydrogen-bond acceptors (Lipinski definition) is 3. The van der Waals surface area contributed by atoms with Crippen molar-refractivity contribution in [2.24, 2.45) is 0 Å². The molecule has 5 heteroatoms. The third kappa shape index (κ3) is 2.13. The lowest BCUT2D eigenvalue weighted by Gasteiger charge is -2.18. The summed E-state index contributed by atoms with van der Waals surface area (Å²) in [5.41, 5.74) is 2.73. The zero-order chi connectivity index (χ0) is 15.2. The number of nitro groups is 1. The zero-order valence-corrected chi connectivity index (χ0v) is 12.2. The monoisotopic (exact) mass is 286 g/mol. The van der Waals surface area contributed by atoms with E-state index >= 15 is 0 Å². The molecule has 0 aromatic heterocycles. The predicted molar refractivity (Wildman–Crippen MR) is 81.2 cm³/mol. The van der Waals surface area contributed by atoms with Crippen LogP contribution in [0.3, 0.4) is 0 Å². The number of nitro benzene ring substituents is 1. The van der Waals surface area contributed by atoms with Gasteiger partial charge in [-0.3, -0.25) is 14.9 Å². The Morgan fingerprint density at radius 3 is 2.67 bits per heavy atom. The first-order valence-electron chi connectivity index (χ1n) is 7.25. The van der Waals surface area contributed by atoms with E-state index in [0.717, 1.165) is 48.1 Å². The van der Waals surface area contributed by atoms with Crippen LogP contribution in [0, 0.1) is 10.1 Å². The van der Waals surface area contributed by atoms with Gasteiger partial charge in [0.15, 0.2) is 0 Å². The van der Waals surface area contributed by atoms with Gasteiger partial charge in [0.05, 0.1) is 16.0 Å². The van der Waals surface area contributed by atoms with E-state index in [0.29, 0.717) is 0 Å². The van der Waals surface area contributed by atoms with Crippen molar-refractivity contribution in [2.75, 3.05) is 5.32 Å². The molecule has 2 aliphatic rings. The normalized spacial score (nSPS) is 19.7. The molecule has 0 atom stereocenters. The van der Waals surface area contributed by atoms with Crippen molar-refractivity contribution >= 4 is 22.9 Å². The molecular weight excluding hydrogens is 268 g/mol. The molecule has 110 valence electrons. The minimum absolute atomic E-state index is 0.0554. The number of anilines is 1. The minimum Gasteiger partial charge on any atom is -0.324 e. The van der Waals surface area contributed by atoms with Gasteiger partial charge in [-0.1, -0.05) is 6.08 Å². The van der Waals surface area contributed by atoms with Crippen LogP contribution < -0.4 is 5.32 Å². The number of allylic oxidation sites excluding steroid dienone is 2. The van der Waals surface area contributed by atoms with Crippen LogP contribution in [0.5, 0.6) is 0 Å². The summed E-state index contributed by atoms with van der Waals surface area (Å²) < 4.78 is 0. The molecule has 5 nitrogen and oxygen atoms in total. The van der Waals surface area contributed by atoms with Crippen LogP contribution >= 0.6 is 0 Å². The molecule has 1 heterocycles. The van der Waals surface area contributed by atoms with Crippen molar-refractivity contribution in [3.8, 4) is 0 Å². The van der Waals surface area contributed by atoms with Crippen LogP contribution in [0.4, 0.5) is 11.4 Å². The van der Waals surface area contributed by atoms with Crippen LogP contribution in [0.2, 0.25) is 0 Å². The summed E-state index contributed by atoms with van der Waals surface area (Å²) in [7, 11) is 0. The number of nitrogens with zero attached hydrogens (tertiary/aromatic N) is 1. The van der Waals surface area contributed by atoms with Gasteiger partial charge in [0.2, 0.25) is 5.91 Å². The maximum atomic E-state index is 12.2. The number of hydrogen-bond donors (Lipinski definition) is 1. The quantitative estimate of drug-likeness (QED) is 0.664. The molecule has 0 fully saturated rings. The fraction of sp³-hybridized carbons (Fsp3) is 0.438. The van der Waals surface area contributed by atoms with Gasteiger partial charge in [-0.05, 0) is 50.7 Å². The number of carbonyl (C=O) groups is 1. The van der Waals surface area contributed by atoms with E-state index in [9.17, 15) is 14.9 Å². The maximum Gasteiger partial charge on any atom is 0.270 e. The van der Waals surface area contributed by atoms with E-state index in [2.05, 4.69) is 11.4 Å². The van der Waals surface area contributed by atoms with Gasteiger partial charge in [0.1, 0.15) is 0 Å². The highest BCUT2D eigenvalue weighted by atomic mass is 16.6. The second kappa shape index (κ2) is 4.69. The number of amides is 1. The maximum absolute atomic E-state index is 12.2. The molecule has 1 N–H and O–H groups in total. The van der Waals surface area contributed by atoms with Crippen molar-refractivity contribution in [2.45, 2.75) is 44.9 Å². The van der Waals surface area contributed by atoms with Crippen molar-refractivity contribution in [1.82, 2.24) is 0 Å². The first kappa shape index (κ1) is 13.8. The van der Waals surface area contributed by atoms with E-state index in [4.69, 9.17) is 0 Å². The van der Waals surface area contributed by atoms with E-state index in [1.807, 2.05) is 0 Å². The summed E-state index contributed by atoms with van der Waals surface area (Å²) in [4.78, 5) is 23.0. The SMILES string of the molecule is CC1(C)C(=O)Nc2c(C3=CCCCC3)cc([N+](=O)[O-])cc21. The highest BCUT2D eigenvalue weighted by Crippen LogP contribution is 2.45. The van der Waals surface area contributed by atoms with Gasteiger partial charge in [-0.15, -0.1) is 0 Å². The van der Waals surface area contributed by atoms with Crippen molar-refractivity contribution in [3.05, 3.63) is 39.4 Å². The summed E-state index contributed by atoms with van der Waals surface area (Å²) in [5.74, 6) is -0.101. The summed E-state index contributed by atoms with van der Waals surface area (Å²) >= 11 is 0. The smallest absolute Gasteiger partial charge is 0.270 e. The Bertz CT molecular complexity index is 674. The Kier molecular flexibility index (Phi) is 3.08. The van der Waals surface area contributed by atoms with Crippen LogP contribution in [-0.4, -0.2) is 10.8 Å². The molecule has 0 saturated heterocycles. The van der Waals surface area contributed by atoms with Gasteiger partial charge < -0.3 is 5.32 Å². The first-order chi connectivity index (χ1) is 9.91. The standard InChI is InChI=1S/C16H18N2O3/c1-16(2)13-9-11(18(20)21)8-12(14(13)17-15(16)19)10-6-4-3-5-7-10/h6,8-9H,3-5,7H2,1-2H3,(H,17,19). The number of benzene rings is 1. The average Bonchev–Trinajstić information content (AvgIpc) is 2.69. The van der Waals surface area contributed by atoms with Gasteiger partial charge in [0, 0.05) is 17.7 Å². The van der Waals surface area contributed by atoms with E-state index in [1.54, 1.807) is 19.9 Å². The zero-order valence-electron chi connectivity index (χ0n) is 12.2. The molecule has 0 spiro atoms. The number of rotatable bonds is 2. The molecule has 1 aliphatic heterocycles. The van der Waals surface area contributed by atoms with Crippen LogP contribution in [0.25, 0.3) is 5.57 Å². The molecule has 1 aromatic rings. The topological polar surface area (TPSA) is 72.2 Å². The second-order valence-electron chi connectivity index (χ2n) is 6.23. The molecule has 1 aromatic carbocycles. The van der Waals surface area contributed by atoms with Crippen molar-refractivity contribution < 1.29 is 9.72 Å². The Labute approximate surface area is 123 Å². The summed E-state index contributed by atoms with van der Waals surface area (Å²) in [6, 6.07) is 3.12. The third-order valence-electron chi connectivity index (χ3n) is 4.45. The van der Waals surface area contributed by atoms with E-state index in [1.165, 1.54) is 6.07 Å². The molecule has 21 heavy (non-hydrogen) atoms. The second-order valence-corrected chi connectivity index (χ2v) is 6.23. The van der Waals surface area contributed by atoms with Gasteiger partial charge in [-0.25, -0.2) is 0 Å². The Hall–Kier alpha value is -2.17. The van der Waals surface area contributed by atoms with Crippen molar-refractivity contribution in [1.29, 1.82) is 0 Å². The molecule has 0 radical (unpaired) electrons. The first-order valence-corrected chi connectivity index (χ1v) is 7.25. The van der Waals surface area contributed by atoms with Crippen LogP contribution in [-0.2, 0) is 10.2 Å². The van der Waals surface area contributed by atoms with E-state index in [-0.39, 0.29) is 16.5 Å². The van der Waals surface area contributed by atoms with Crippen molar-refractivity contribution in [3.63, 3.8) is 0 Å². The number of carbonyl (C=O) groups excluding carboxylic acids is 1. The molecule has 3 rings (SSSR count). The molecule has 1 amide bonds. The fourth-order valence-electron chi connectivity index (χ4n) is 3.09. The molecule has 0 bridgehead atoms. The Morgan fingerprint density at radius 1 is 1.29 bits per heavy atom. The fourth-order valence-corrected chi connectivity index (χ4v) is 3.09. The minimum atomic E-state index is -0.731. The van der Waals surface area contributed by atoms with E-state index < -0.39 is 5.41 Å². The number of non-ortho nitro benzene ring substituents is 1. The van der Waals surface area contributed by atoms with Gasteiger partial charge in [0.25, 0.3) is 5.69 Å². The Morgan fingerprint density at radius 2 is 2.05 bits per heavy atom. The van der Waals surface area contributed by atoms with Gasteiger partial charge in [-0.2, -0.15) is 0 Å². The van der Waals surface area contributed by atoms with Gasteiger partial charge >= 0.3 is 0 Å². The molecule has 0 saturated carbocycles. The predicted octanol–water partition coefficient (Wildman–Crippen LogP) is 3.78. The van der Waals surface area contributed by atoms with Crippen LogP contribution in [0.15, 0.2) is 18.2 Å². The summed E-state index contributed by atoms with van der Waals surface area (Å²) in [5, 5.41) is 14.1.